The largest absolute Gasteiger partial charge is 0.385 e. The van der Waals surface area contributed by atoms with Crippen LogP contribution in [-0.2, 0) is 9.47 Å². The van der Waals surface area contributed by atoms with E-state index in [2.05, 4.69) is 6.92 Å². The van der Waals surface area contributed by atoms with Crippen molar-refractivity contribution in [3.05, 3.63) is 0 Å². The van der Waals surface area contributed by atoms with Crippen molar-refractivity contribution in [2.75, 3.05) is 20.3 Å². The summed E-state index contributed by atoms with van der Waals surface area (Å²) >= 11 is 0. The maximum atomic E-state index is 5.33. The van der Waals surface area contributed by atoms with Gasteiger partial charge in [-0.2, -0.15) is 0 Å². The topological polar surface area (TPSA) is 18.5 Å². The maximum absolute atomic E-state index is 5.33. The Balaban J connectivity index is 2.97. The van der Waals surface area contributed by atoms with Gasteiger partial charge in [0.05, 0.1) is 6.10 Å². The van der Waals surface area contributed by atoms with Crippen LogP contribution in [0.25, 0.3) is 0 Å². The second-order valence-electron chi connectivity index (χ2n) is 2.40. The monoisotopic (exact) mass is 146 g/mol. The first-order chi connectivity index (χ1) is 4.81. The van der Waals surface area contributed by atoms with Gasteiger partial charge in [-0.25, -0.2) is 0 Å². The lowest BCUT2D eigenvalue weighted by Gasteiger charge is -2.09. The summed E-state index contributed by atoms with van der Waals surface area (Å²) in [5.74, 6) is 0. The van der Waals surface area contributed by atoms with E-state index < -0.39 is 0 Å². The molecule has 0 fully saturated rings. The van der Waals surface area contributed by atoms with Crippen molar-refractivity contribution in [2.24, 2.45) is 0 Å². The quantitative estimate of drug-likeness (QED) is 0.532. The maximum Gasteiger partial charge on any atom is 0.0547 e. The van der Waals surface area contributed by atoms with E-state index in [9.17, 15) is 0 Å². The molecule has 0 bridgehead atoms. The third kappa shape index (κ3) is 6.05. The van der Waals surface area contributed by atoms with Crippen LogP contribution in [0.2, 0.25) is 0 Å². The van der Waals surface area contributed by atoms with Crippen molar-refractivity contribution in [3.8, 4) is 0 Å². The smallest absolute Gasteiger partial charge is 0.0547 e. The van der Waals surface area contributed by atoms with Gasteiger partial charge in [0, 0.05) is 20.3 Å². The summed E-state index contributed by atoms with van der Waals surface area (Å²) in [6, 6.07) is 0. The summed E-state index contributed by atoms with van der Waals surface area (Å²) in [5, 5.41) is 0. The molecule has 0 rings (SSSR count). The molecule has 1 unspecified atom stereocenters. The summed E-state index contributed by atoms with van der Waals surface area (Å²) < 4.78 is 10.2. The van der Waals surface area contributed by atoms with E-state index in [1.165, 1.54) is 0 Å². The first-order valence-corrected chi connectivity index (χ1v) is 3.91. The fraction of sp³-hybridized carbons (Fsp3) is 1.00. The summed E-state index contributed by atoms with van der Waals surface area (Å²) in [7, 11) is 1.73. The van der Waals surface area contributed by atoms with E-state index in [-0.39, 0.29) is 0 Å². The molecule has 62 valence electrons. The van der Waals surface area contributed by atoms with Crippen LogP contribution in [0.1, 0.15) is 26.7 Å². The zero-order chi connectivity index (χ0) is 7.82. The fourth-order valence-electron chi connectivity index (χ4n) is 0.883. The van der Waals surface area contributed by atoms with Crippen molar-refractivity contribution in [1.82, 2.24) is 0 Å². The molecule has 0 aromatic carbocycles. The van der Waals surface area contributed by atoms with Gasteiger partial charge in [-0.15, -0.1) is 0 Å². The third-order valence-electron chi connectivity index (χ3n) is 1.41. The molecule has 0 amide bonds. The zero-order valence-electron chi connectivity index (χ0n) is 7.22. The van der Waals surface area contributed by atoms with Gasteiger partial charge in [0.2, 0.25) is 0 Å². The number of rotatable bonds is 6. The van der Waals surface area contributed by atoms with Gasteiger partial charge in [0.15, 0.2) is 0 Å². The van der Waals surface area contributed by atoms with Crippen LogP contribution in [0.3, 0.4) is 0 Å². The molecular formula is C8H18O2. The van der Waals surface area contributed by atoms with Gasteiger partial charge in [-0.05, 0) is 26.7 Å². The molecule has 0 aliphatic rings. The molecule has 0 N–H and O–H groups in total. The lowest BCUT2D eigenvalue weighted by Crippen LogP contribution is -2.08. The molecule has 0 aliphatic heterocycles. The molecular weight excluding hydrogens is 128 g/mol. The number of methoxy groups -OCH3 is 1. The van der Waals surface area contributed by atoms with E-state index in [1.807, 2.05) is 6.92 Å². The van der Waals surface area contributed by atoms with Crippen molar-refractivity contribution < 1.29 is 9.47 Å². The Kier molecular flexibility index (Phi) is 6.98. The molecule has 0 saturated carbocycles. The van der Waals surface area contributed by atoms with Crippen molar-refractivity contribution in [3.63, 3.8) is 0 Å². The highest BCUT2D eigenvalue weighted by atomic mass is 16.5. The van der Waals surface area contributed by atoms with Crippen molar-refractivity contribution in [2.45, 2.75) is 32.8 Å². The molecule has 0 aliphatic carbocycles. The lowest BCUT2D eigenvalue weighted by molar-refractivity contribution is 0.0620. The summed E-state index contributed by atoms with van der Waals surface area (Å²) in [6.07, 6.45) is 2.58. The molecule has 0 spiro atoms. The Bertz CT molecular complexity index is 64.3. The van der Waals surface area contributed by atoms with Crippen LogP contribution in [0.5, 0.6) is 0 Å². The van der Waals surface area contributed by atoms with Gasteiger partial charge in [0.1, 0.15) is 0 Å². The van der Waals surface area contributed by atoms with Crippen LogP contribution in [0.4, 0.5) is 0 Å². The van der Waals surface area contributed by atoms with E-state index in [4.69, 9.17) is 9.47 Å². The molecule has 0 heterocycles. The van der Waals surface area contributed by atoms with Crippen LogP contribution in [-0.4, -0.2) is 26.4 Å². The molecule has 2 heteroatoms. The number of ether oxygens (including phenoxy) is 2. The van der Waals surface area contributed by atoms with Crippen molar-refractivity contribution >= 4 is 0 Å². The minimum absolute atomic E-state index is 0.389. The zero-order valence-corrected chi connectivity index (χ0v) is 7.22. The molecule has 0 saturated heterocycles. The number of hydrogen-bond acceptors (Lipinski definition) is 2. The van der Waals surface area contributed by atoms with Gasteiger partial charge in [-0.3, -0.25) is 0 Å². The van der Waals surface area contributed by atoms with Crippen LogP contribution in [0.15, 0.2) is 0 Å². The predicted molar refractivity (Wildman–Crippen MR) is 42.2 cm³/mol. The highest BCUT2D eigenvalue weighted by molar-refractivity contribution is 4.48. The Morgan fingerprint density at radius 2 is 2.10 bits per heavy atom. The molecule has 0 radical (unpaired) electrons. The summed E-state index contributed by atoms with van der Waals surface area (Å²) in [5.41, 5.74) is 0. The van der Waals surface area contributed by atoms with Gasteiger partial charge >= 0.3 is 0 Å². The van der Waals surface area contributed by atoms with Gasteiger partial charge in [0.25, 0.3) is 0 Å². The van der Waals surface area contributed by atoms with Crippen LogP contribution >= 0.6 is 0 Å². The normalized spacial score (nSPS) is 13.5. The Morgan fingerprint density at radius 1 is 1.40 bits per heavy atom. The van der Waals surface area contributed by atoms with Crippen molar-refractivity contribution in [1.29, 1.82) is 0 Å². The molecule has 2 nitrogen and oxygen atoms in total. The SMILES string of the molecule is CCOC(C)CCCOC. The first-order valence-electron chi connectivity index (χ1n) is 3.91. The Morgan fingerprint density at radius 3 is 2.60 bits per heavy atom. The molecule has 0 aromatic heterocycles. The first kappa shape index (κ1) is 9.92. The summed E-state index contributed by atoms with van der Waals surface area (Å²) in [4.78, 5) is 0. The van der Waals surface area contributed by atoms with Crippen LogP contribution < -0.4 is 0 Å². The average Bonchev–Trinajstić information content (AvgIpc) is 1.89. The van der Waals surface area contributed by atoms with Gasteiger partial charge < -0.3 is 9.47 Å². The van der Waals surface area contributed by atoms with E-state index in [0.717, 1.165) is 26.1 Å². The molecule has 1 atom stereocenters. The van der Waals surface area contributed by atoms with Crippen LogP contribution in [0, 0.1) is 0 Å². The number of hydrogen-bond donors (Lipinski definition) is 0. The standard InChI is InChI=1S/C8H18O2/c1-4-10-8(2)6-5-7-9-3/h8H,4-7H2,1-3H3. The van der Waals surface area contributed by atoms with E-state index >= 15 is 0 Å². The van der Waals surface area contributed by atoms with Gasteiger partial charge in [-0.1, -0.05) is 0 Å². The minimum atomic E-state index is 0.389. The summed E-state index contributed by atoms with van der Waals surface area (Å²) in [6.45, 7) is 5.78. The second kappa shape index (κ2) is 7.03. The fourth-order valence-corrected chi connectivity index (χ4v) is 0.883. The minimum Gasteiger partial charge on any atom is -0.385 e. The Hall–Kier alpha value is -0.0800. The van der Waals surface area contributed by atoms with E-state index in [0.29, 0.717) is 6.10 Å². The molecule has 0 aromatic rings. The molecule has 10 heavy (non-hydrogen) atoms. The third-order valence-corrected chi connectivity index (χ3v) is 1.41. The predicted octanol–water partition coefficient (Wildman–Crippen LogP) is 1.84. The lowest BCUT2D eigenvalue weighted by atomic mass is 10.2. The highest BCUT2D eigenvalue weighted by Crippen LogP contribution is 2.00. The Labute approximate surface area is 63.5 Å². The van der Waals surface area contributed by atoms with E-state index in [1.54, 1.807) is 7.11 Å². The average molecular weight is 146 g/mol. The second-order valence-corrected chi connectivity index (χ2v) is 2.40. The highest BCUT2D eigenvalue weighted by Gasteiger charge is 1.98.